The smallest absolute Gasteiger partial charge is 0.306 e. The summed E-state index contributed by atoms with van der Waals surface area (Å²) in [5.41, 5.74) is 1.48. The molecule has 4 heterocycles. The molecule has 1 saturated carbocycles. The molecule has 4 unspecified atom stereocenters. The number of aliphatic hydroxyl groups is 1. The molecule has 2 bridgehead atoms. The van der Waals surface area contributed by atoms with Crippen molar-refractivity contribution in [3.63, 3.8) is 0 Å². The summed E-state index contributed by atoms with van der Waals surface area (Å²) in [6.07, 6.45) is 5.25. The van der Waals surface area contributed by atoms with E-state index >= 15 is 0 Å². The maximum Gasteiger partial charge on any atom is 0.306 e. The normalized spacial score (nSPS) is 27.3. The molecule has 55 heavy (non-hydrogen) atoms. The number of nitrogens with zero attached hydrogens (tertiary/aromatic N) is 2. The molecular weight excluding hydrogens is 751 g/mol. The standard InChI is InChI=1S/C41H54F2N2O8S2/c1-25(2)13-38-44-34-18-28-23-50-11-8-6-4-3-5-7-10-45(55(48,49)37(28)21-36(34)54-38)22-35(46)27(14-26-15-30(42)20-31(43)16-26)19-39(47)53-40-29-17-33-32(40)9-12-51-41(33)52-24-29/h15-16,18,20-21,25,27,29,32-33,35,40-41,46H,3-14,17,19,22-24H2,1-2H3/t27-,29?,32?,33?,35-,40-,41?/m1/s1. The predicted molar refractivity (Wildman–Crippen MR) is 204 cm³/mol. The highest BCUT2D eigenvalue weighted by molar-refractivity contribution is 7.89. The van der Waals surface area contributed by atoms with Crippen LogP contribution in [0.3, 0.4) is 0 Å². The van der Waals surface area contributed by atoms with Gasteiger partial charge in [0.1, 0.15) is 17.7 Å². The highest BCUT2D eigenvalue weighted by Gasteiger charge is 2.54. The monoisotopic (exact) mass is 804 g/mol. The van der Waals surface area contributed by atoms with E-state index < -0.39 is 39.6 Å². The molecule has 0 spiro atoms. The summed E-state index contributed by atoms with van der Waals surface area (Å²) in [6.45, 7) is 5.62. The van der Waals surface area contributed by atoms with Gasteiger partial charge >= 0.3 is 5.97 Å². The topological polar surface area (TPSA) is 124 Å². The molecule has 2 aromatic carbocycles. The second-order valence-corrected chi connectivity index (χ2v) is 19.3. The van der Waals surface area contributed by atoms with E-state index in [1.807, 2.05) is 6.07 Å². The number of β-amino-alcohol motifs (C(OH)–C–C–N with tert-alkyl or cyclic N) is 1. The third-order valence-corrected chi connectivity index (χ3v) is 14.6. The highest BCUT2D eigenvalue weighted by atomic mass is 32.2. The molecule has 302 valence electrons. The van der Waals surface area contributed by atoms with Crippen molar-refractivity contribution in [2.24, 2.45) is 29.6 Å². The van der Waals surface area contributed by atoms with Crippen LogP contribution < -0.4 is 0 Å². The van der Waals surface area contributed by atoms with Gasteiger partial charge in [0.15, 0.2) is 6.29 Å². The van der Waals surface area contributed by atoms with Crippen molar-refractivity contribution in [2.75, 3.05) is 32.9 Å². The third-order valence-electron chi connectivity index (χ3n) is 11.6. The molecule has 3 aromatic rings. The number of benzene rings is 2. The van der Waals surface area contributed by atoms with Crippen LogP contribution in [0, 0.1) is 41.2 Å². The summed E-state index contributed by atoms with van der Waals surface area (Å²) in [5.74, 6) is -2.33. The Morgan fingerprint density at radius 1 is 1.00 bits per heavy atom. The Morgan fingerprint density at radius 2 is 1.76 bits per heavy atom. The Balaban J connectivity index is 1.17. The van der Waals surface area contributed by atoms with E-state index in [0.29, 0.717) is 37.7 Å². The van der Waals surface area contributed by atoms with Gasteiger partial charge in [0.05, 0.1) is 52.5 Å². The summed E-state index contributed by atoms with van der Waals surface area (Å²) in [5, 5.41) is 12.9. The Bertz CT molecular complexity index is 1890. The van der Waals surface area contributed by atoms with E-state index in [4.69, 9.17) is 23.9 Å². The van der Waals surface area contributed by atoms with Crippen LogP contribution >= 0.6 is 11.3 Å². The van der Waals surface area contributed by atoms with Gasteiger partial charge in [-0.1, -0.05) is 39.5 Å². The average molecular weight is 805 g/mol. The fourth-order valence-electron chi connectivity index (χ4n) is 8.94. The van der Waals surface area contributed by atoms with Crippen LogP contribution in [0.4, 0.5) is 8.78 Å². The molecule has 1 aromatic heterocycles. The SMILES string of the molecule is CC(C)Cc1nc2cc3c(cc2s1)S(=O)(=O)N(C[C@@H](O)[C@@H](CC(=O)O[C@@H]1C2COC4OCCC1C4C2)Cc1cc(F)cc(F)c1)CCCCCCCCOC3. The van der Waals surface area contributed by atoms with Crippen molar-refractivity contribution in [1.82, 2.24) is 9.29 Å². The first kappa shape index (κ1) is 40.6. The molecule has 7 atom stereocenters. The number of ether oxygens (including phenoxy) is 4. The number of sulfonamides is 1. The van der Waals surface area contributed by atoms with Gasteiger partial charge in [-0.25, -0.2) is 22.2 Å². The van der Waals surface area contributed by atoms with Gasteiger partial charge in [-0.2, -0.15) is 4.31 Å². The number of esters is 1. The summed E-state index contributed by atoms with van der Waals surface area (Å²) >= 11 is 1.48. The maximum absolute atomic E-state index is 14.8. The molecule has 4 aliphatic rings. The third kappa shape index (κ3) is 9.76. The van der Waals surface area contributed by atoms with Crippen LogP contribution in [-0.4, -0.2) is 80.2 Å². The maximum atomic E-state index is 14.8. The molecule has 0 amide bonds. The van der Waals surface area contributed by atoms with Gasteiger partial charge < -0.3 is 24.1 Å². The number of hydrogen-bond donors (Lipinski definition) is 1. The van der Waals surface area contributed by atoms with Crippen LogP contribution in [0.5, 0.6) is 0 Å². The lowest BCUT2D eigenvalue weighted by molar-refractivity contribution is -0.215. The van der Waals surface area contributed by atoms with Crippen molar-refractivity contribution in [3.8, 4) is 0 Å². The Kier molecular flexibility index (Phi) is 13.2. The lowest BCUT2D eigenvalue weighted by atomic mass is 9.89. The number of hydrogen-bond acceptors (Lipinski definition) is 10. The molecule has 3 aliphatic heterocycles. The molecule has 14 heteroatoms. The van der Waals surface area contributed by atoms with E-state index in [1.165, 1.54) is 27.8 Å². The van der Waals surface area contributed by atoms with Crippen molar-refractivity contribution < 1.29 is 46.0 Å². The van der Waals surface area contributed by atoms with Crippen LogP contribution in [0.25, 0.3) is 10.2 Å². The van der Waals surface area contributed by atoms with Gasteiger partial charge in [0, 0.05) is 55.9 Å². The molecule has 10 nitrogen and oxygen atoms in total. The number of fused-ring (bicyclic) bond motifs is 3. The number of aliphatic hydroxyl groups excluding tert-OH is 1. The number of thiazole rings is 1. The van der Waals surface area contributed by atoms with E-state index in [1.54, 1.807) is 6.07 Å². The number of aromatic nitrogens is 1. The highest BCUT2D eigenvalue weighted by Crippen LogP contribution is 2.49. The summed E-state index contributed by atoms with van der Waals surface area (Å²) < 4.78 is 84.4. The van der Waals surface area contributed by atoms with Crippen molar-refractivity contribution in [1.29, 1.82) is 0 Å². The molecule has 2 saturated heterocycles. The molecule has 0 radical (unpaired) electrons. The van der Waals surface area contributed by atoms with Gasteiger partial charge in [-0.3, -0.25) is 4.79 Å². The number of rotatable bonds is 10. The second kappa shape index (κ2) is 17.9. The Labute approximate surface area is 326 Å². The first-order chi connectivity index (χ1) is 26.4. The fraction of sp³-hybridized carbons (Fsp3) is 0.659. The average Bonchev–Trinajstić information content (AvgIpc) is 3.67. The fourth-order valence-corrected chi connectivity index (χ4v) is 11.9. The van der Waals surface area contributed by atoms with E-state index in [-0.39, 0.29) is 73.1 Å². The van der Waals surface area contributed by atoms with Crippen molar-refractivity contribution in [3.05, 3.63) is 58.1 Å². The Morgan fingerprint density at radius 3 is 2.55 bits per heavy atom. The lowest BCUT2D eigenvalue weighted by Gasteiger charge is -2.35. The van der Waals surface area contributed by atoms with E-state index in [2.05, 4.69) is 13.8 Å². The number of carbonyl (C=O) groups excluding carboxylic acids is 1. The van der Waals surface area contributed by atoms with Gasteiger partial charge in [-0.15, -0.1) is 11.3 Å². The minimum Gasteiger partial charge on any atom is -0.462 e. The predicted octanol–water partition coefficient (Wildman–Crippen LogP) is 7.19. The lowest BCUT2D eigenvalue weighted by Crippen LogP contribution is -2.42. The van der Waals surface area contributed by atoms with E-state index in [0.717, 1.165) is 72.7 Å². The van der Waals surface area contributed by atoms with Crippen molar-refractivity contribution >= 4 is 37.5 Å². The zero-order chi connectivity index (χ0) is 38.7. The van der Waals surface area contributed by atoms with Crippen LogP contribution in [0.1, 0.15) is 87.8 Å². The van der Waals surface area contributed by atoms with Crippen LogP contribution in [0.15, 0.2) is 35.2 Å². The molecule has 7 rings (SSSR count). The zero-order valence-electron chi connectivity index (χ0n) is 31.8. The van der Waals surface area contributed by atoms with Gasteiger partial charge in [0.2, 0.25) is 10.0 Å². The van der Waals surface area contributed by atoms with Crippen molar-refractivity contribution in [2.45, 2.75) is 114 Å². The van der Waals surface area contributed by atoms with E-state index in [9.17, 15) is 27.1 Å². The molecule has 1 N–H and O–H groups in total. The van der Waals surface area contributed by atoms with Crippen LogP contribution in [0.2, 0.25) is 0 Å². The molecule has 3 fully saturated rings. The van der Waals surface area contributed by atoms with Gasteiger partial charge in [-0.05, 0) is 73.4 Å². The van der Waals surface area contributed by atoms with Gasteiger partial charge in [0.25, 0.3) is 0 Å². The zero-order valence-corrected chi connectivity index (χ0v) is 33.4. The quantitative estimate of drug-likeness (QED) is 0.212. The summed E-state index contributed by atoms with van der Waals surface area (Å²) in [6, 6.07) is 6.62. The minimum atomic E-state index is -4.21. The summed E-state index contributed by atoms with van der Waals surface area (Å²) in [4.78, 5) is 18.7. The first-order valence-corrected chi connectivity index (χ1v) is 22.3. The van der Waals surface area contributed by atoms with Crippen LogP contribution in [-0.2, 0) is 53.2 Å². The number of halogens is 2. The Hall–Kier alpha value is -2.59. The number of carbonyl (C=O) groups is 1. The summed E-state index contributed by atoms with van der Waals surface area (Å²) in [7, 11) is -4.21. The molecule has 1 aliphatic carbocycles. The minimum absolute atomic E-state index is 0.0362. The first-order valence-electron chi connectivity index (χ1n) is 20.0. The molecular formula is C41H54F2N2O8S2. The second-order valence-electron chi connectivity index (χ2n) is 16.3. The largest absolute Gasteiger partial charge is 0.462 e.